The Kier molecular flexibility index (Phi) is 3.88. The summed E-state index contributed by atoms with van der Waals surface area (Å²) in [5, 5.41) is 20.6. The number of hydrogen-bond acceptors (Lipinski definition) is 4. The molecule has 2 N–H and O–H groups in total. The van der Waals surface area contributed by atoms with Crippen LogP contribution in [0.2, 0.25) is 0 Å². The summed E-state index contributed by atoms with van der Waals surface area (Å²) in [4.78, 5) is 3.90. The molecule has 0 amide bonds. The number of nitrogens with one attached hydrogen (secondary N) is 1. The van der Waals surface area contributed by atoms with Gasteiger partial charge >= 0.3 is 0 Å². The summed E-state index contributed by atoms with van der Waals surface area (Å²) < 4.78 is 1.86. The summed E-state index contributed by atoms with van der Waals surface area (Å²) >= 11 is 0. The standard InChI is InChI=1S/C15H15N5O/c21-14(15-16-11-17-19-15)7-6-13-8-18-20(10-13)9-12-4-2-1-3-5-12/h1-8,10-11,14,21H,9H2,(H,16,17,19). The highest BCUT2D eigenvalue weighted by Gasteiger charge is 2.06. The van der Waals surface area contributed by atoms with Crippen LogP contribution in [0.3, 0.4) is 0 Å². The van der Waals surface area contributed by atoms with Crippen LogP contribution in [0.5, 0.6) is 0 Å². The van der Waals surface area contributed by atoms with Crippen molar-refractivity contribution in [2.24, 2.45) is 0 Å². The van der Waals surface area contributed by atoms with Gasteiger partial charge in [0.15, 0.2) is 5.82 Å². The SMILES string of the molecule is OC(C=Cc1cnn(Cc2ccccc2)c1)c1nc[nH]n1. The van der Waals surface area contributed by atoms with Crippen LogP contribution in [-0.4, -0.2) is 30.1 Å². The number of benzene rings is 1. The lowest BCUT2D eigenvalue weighted by Gasteiger charge is -2.00. The van der Waals surface area contributed by atoms with Gasteiger partial charge in [-0.25, -0.2) is 4.98 Å². The largest absolute Gasteiger partial charge is 0.381 e. The minimum absolute atomic E-state index is 0.350. The Balaban J connectivity index is 1.65. The molecule has 6 heteroatoms. The van der Waals surface area contributed by atoms with Crippen LogP contribution in [0.4, 0.5) is 0 Å². The van der Waals surface area contributed by atoms with Crippen molar-refractivity contribution >= 4 is 6.08 Å². The minimum atomic E-state index is -0.825. The van der Waals surface area contributed by atoms with Gasteiger partial charge in [-0.15, -0.1) is 0 Å². The minimum Gasteiger partial charge on any atom is -0.381 e. The van der Waals surface area contributed by atoms with E-state index in [9.17, 15) is 5.11 Å². The fourth-order valence-electron chi connectivity index (χ4n) is 1.97. The molecule has 0 bridgehead atoms. The summed E-state index contributed by atoms with van der Waals surface area (Å²) in [6, 6.07) is 10.1. The number of aliphatic hydroxyl groups is 1. The average Bonchev–Trinajstić information content (AvgIpc) is 3.17. The first kappa shape index (κ1) is 13.3. The highest BCUT2D eigenvalue weighted by Crippen LogP contribution is 2.11. The predicted molar refractivity (Wildman–Crippen MR) is 78.1 cm³/mol. The third kappa shape index (κ3) is 3.43. The summed E-state index contributed by atoms with van der Waals surface area (Å²) in [5.41, 5.74) is 2.11. The maximum absolute atomic E-state index is 9.85. The zero-order valence-corrected chi connectivity index (χ0v) is 11.3. The van der Waals surface area contributed by atoms with Gasteiger partial charge in [0.05, 0.1) is 12.7 Å². The molecule has 106 valence electrons. The lowest BCUT2D eigenvalue weighted by molar-refractivity contribution is 0.219. The predicted octanol–water partition coefficient (Wildman–Crippen LogP) is 1.80. The molecule has 2 aromatic heterocycles. The molecule has 0 aliphatic carbocycles. The number of aliphatic hydroxyl groups excluding tert-OH is 1. The number of aromatic nitrogens is 5. The van der Waals surface area contributed by atoms with Crippen molar-refractivity contribution in [3.63, 3.8) is 0 Å². The topological polar surface area (TPSA) is 79.6 Å². The van der Waals surface area contributed by atoms with E-state index in [-0.39, 0.29) is 0 Å². The third-order valence-electron chi connectivity index (χ3n) is 3.01. The smallest absolute Gasteiger partial charge is 0.182 e. The van der Waals surface area contributed by atoms with Gasteiger partial charge in [0.1, 0.15) is 12.4 Å². The summed E-state index contributed by atoms with van der Waals surface area (Å²) in [6.07, 6.45) is 7.72. The zero-order valence-electron chi connectivity index (χ0n) is 11.3. The molecule has 6 nitrogen and oxygen atoms in total. The number of aromatic amines is 1. The van der Waals surface area contributed by atoms with Crippen LogP contribution < -0.4 is 0 Å². The lowest BCUT2D eigenvalue weighted by Crippen LogP contribution is -1.99. The van der Waals surface area contributed by atoms with E-state index < -0.39 is 6.10 Å². The van der Waals surface area contributed by atoms with Crippen LogP contribution in [0, 0.1) is 0 Å². The number of H-pyrrole nitrogens is 1. The van der Waals surface area contributed by atoms with Crippen molar-refractivity contribution in [1.29, 1.82) is 0 Å². The van der Waals surface area contributed by atoms with E-state index in [0.29, 0.717) is 5.82 Å². The fourth-order valence-corrected chi connectivity index (χ4v) is 1.97. The summed E-state index contributed by atoms with van der Waals surface area (Å²) in [7, 11) is 0. The molecule has 21 heavy (non-hydrogen) atoms. The number of hydrogen-bond donors (Lipinski definition) is 2. The van der Waals surface area contributed by atoms with Gasteiger partial charge in [0.25, 0.3) is 0 Å². The Morgan fingerprint density at radius 3 is 2.90 bits per heavy atom. The second-order valence-electron chi connectivity index (χ2n) is 4.62. The highest BCUT2D eigenvalue weighted by molar-refractivity contribution is 5.47. The second-order valence-corrected chi connectivity index (χ2v) is 4.62. The molecule has 0 fully saturated rings. The molecule has 3 rings (SSSR count). The van der Waals surface area contributed by atoms with Gasteiger partial charge in [-0.2, -0.15) is 10.2 Å². The van der Waals surface area contributed by atoms with Crippen molar-refractivity contribution in [2.45, 2.75) is 12.6 Å². The van der Waals surface area contributed by atoms with Crippen LogP contribution in [0.1, 0.15) is 23.1 Å². The Hall–Kier alpha value is -2.73. The quantitative estimate of drug-likeness (QED) is 0.747. The van der Waals surface area contributed by atoms with Crippen molar-refractivity contribution in [3.05, 3.63) is 72.1 Å². The molecule has 0 aliphatic heterocycles. The van der Waals surface area contributed by atoms with Gasteiger partial charge in [0, 0.05) is 11.8 Å². The van der Waals surface area contributed by atoms with E-state index in [1.54, 1.807) is 18.3 Å². The molecule has 1 atom stereocenters. The molecule has 0 saturated heterocycles. The molecule has 1 aromatic carbocycles. The normalized spacial score (nSPS) is 12.8. The van der Waals surface area contributed by atoms with Gasteiger partial charge < -0.3 is 5.11 Å². The number of rotatable bonds is 5. The maximum atomic E-state index is 9.85. The maximum Gasteiger partial charge on any atom is 0.182 e. The first-order chi connectivity index (χ1) is 10.3. The van der Waals surface area contributed by atoms with E-state index in [1.165, 1.54) is 11.9 Å². The van der Waals surface area contributed by atoms with Crippen molar-refractivity contribution in [3.8, 4) is 0 Å². The molecule has 2 heterocycles. The van der Waals surface area contributed by atoms with E-state index >= 15 is 0 Å². The van der Waals surface area contributed by atoms with E-state index in [2.05, 4.69) is 32.4 Å². The Morgan fingerprint density at radius 1 is 1.29 bits per heavy atom. The highest BCUT2D eigenvalue weighted by atomic mass is 16.3. The molecule has 0 spiro atoms. The van der Waals surface area contributed by atoms with Crippen LogP contribution in [0.25, 0.3) is 6.08 Å². The molecular weight excluding hydrogens is 266 g/mol. The van der Waals surface area contributed by atoms with Crippen molar-refractivity contribution in [1.82, 2.24) is 25.0 Å². The Bertz CT molecular complexity index is 703. The molecule has 1 unspecified atom stereocenters. The first-order valence-electron chi connectivity index (χ1n) is 6.59. The van der Waals surface area contributed by atoms with Crippen LogP contribution in [-0.2, 0) is 6.54 Å². The number of nitrogens with zero attached hydrogens (tertiary/aromatic N) is 4. The zero-order chi connectivity index (χ0) is 14.5. The third-order valence-corrected chi connectivity index (χ3v) is 3.01. The van der Waals surface area contributed by atoms with Gasteiger partial charge in [-0.3, -0.25) is 9.78 Å². The molecule has 3 aromatic rings. The summed E-state index contributed by atoms with van der Waals surface area (Å²) in [5.74, 6) is 0.350. The van der Waals surface area contributed by atoms with E-state index in [4.69, 9.17) is 0 Å². The van der Waals surface area contributed by atoms with E-state index in [0.717, 1.165) is 12.1 Å². The first-order valence-corrected chi connectivity index (χ1v) is 6.59. The molecule has 0 saturated carbocycles. The lowest BCUT2D eigenvalue weighted by atomic mass is 10.2. The molecule has 0 aliphatic rings. The average molecular weight is 281 g/mol. The van der Waals surface area contributed by atoms with E-state index in [1.807, 2.05) is 29.1 Å². The van der Waals surface area contributed by atoms with Gasteiger partial charge in [-0.05, 0) is 11.6 Å². The molecular formula is C15H15N5O. The fraction of sp³-hybridized carbons (Fsp3) is 0.133. The van der Waals surface area contributed by atoms with Crippen molar-refractivity contribution < 1.29 is 5.11 Å². The molecule has 0 radical (unpaired) electrons. The Labute approximate surface area is 121 Å². The Morgan fingerprint density at radius 2 is 2.14 bits per heavy atom. The van der Waals surface area contributed by atoms with Gasteiger partial charge in [-0.1, -0.05) is 36.4 Å². The monoisotopic (exact) mass is 281 g/mol. The van der Waals surface area contributed by atoms with Crippen molar-refractivity contribution in [2.75, 3.05) is 0 Å². The van der Waals surface area contributed by atoms with Gasteiger partial charge in [0.2, 0.25) is 0 Å². The second kappa shape index (κ2) is 6.15. The van der Waals surface area contributed by atoms with Crippen LogP contribution >= 0.6 is 0 Å². The van der Waals surface area contributed by atoms with Crippen LogP contribution in [0.15, 0.2) is 55.1 Å². The summed E-state index contributed by atoms with van der Waals surface area (Å²) in [6.45, 7) is 0.720.